The third-order valence-corrected chi connectivity index (χ3v) is 3.65. The zero-order chi connectivity index (χ0) is 16.7. The molecular formula is C16H23ClN2O4. The lowest BCUT2D eigenvalue weighted by molar-refractivity contribution is -0.0925. The zero-order valence-electron chi connectivity index (χ0n) is 13.5. The molecule has 2 amide bonds. The smallest absolute Gasteiger partial charge is 0.321 e. The van der Waals surface area contributed by atoms with Gasteiger partial charge in [0.2, 0.25) is 0 Å². The molecule has 1 heterocycles. The summed E-state index contributed by atoms with van der Waals surface area (Å²) in [5.74, 6) is 0.618. The third-order valence-electron chi connectivity index (χ3n) is 3.35. The third kappa shape index (κ3) is 5.57. The van der Waals surface area contributed by atoms with E-state index in [4.69, 9.17) is 25.8 Å². The van der Waals surface area contributed by atoms with Gasteiger partial charge in [-0.25, -0.2) is 4.79 Å². The Morgan fingerprint density at radius 3 is 2.96 bits per heavy atom. The molecule has 0 bridgehead atoms. The highest BCUT2D eigenvalue weighted by Crippen LogP contribution is 2.27. The Balaban J connectivity index is 1.87. The fourth-order valence-electron chi connectivity index (χ4n) is 2.16. The largest absolute Gasteiger partial charge is 0.492 e. The van der Waals surface area contributed by atoms with Gasteiger partial charge in [-0.3, -0.25) is 0 Å². The summed E-state index contributed by atoms with van der Waals surface area (Å²) >= 11 is 6.16. The molecule has 1 N–H and O–H groups in total. The number of anilines is 1. The van der Waals surface area contributed by atoms with E-state index in [1.165, 1.54) is 0 Å². The molecule has 23 heavy (non-hydrogen) atoms. The van der Waals surface area contributed by atoms with Gasteiger partial charge in [0.1, 0.15) is 5.75 Å². The van der Waals surface area contributed by atoms with Gasteiger partial charge in [0.15, 0.2) is 0 Å². The molecule has 128 valence electrons. The van der Waals surface area contributed by atoms with Gasteiger partial charge in [0, 0.05) is 12.7 Å². The van der Waals surface area contributed by atoms with Crippen LogP contribution in [0.15, 0.2) is 18.2 Å². The fraction of sp³-hybridized carbons (Fsp3) is 0.562. The first kappa shape index (κ1) is 17.8. The lowest BCUT2D eigenvalue weighted by atomic mass is 10.3. The van der Waals surface area contributed by atoms with Gasteiger partial charge >= 0.3 is 6.03 Å². The highest BCUT2D eigenvalue weighted by atomic mass is 35.5. The maximum absolute atomic E-state index is 12.2. The number of amides is 2. The van der Waals surface area contributed by atoms with E-state index in [9.17, 15) is 4.79 Å². The Bertz CT molecular complexity index is 521. The zero-order valence-corrected chi connectivity index (χ0v) is 14.3. The number of hydrogen-bond acceptors (Lipinski definition) is 4. The summed E-state index contributed by atoms with van der Waals surface area (Å²) in [4.78, 5) is 13.8. The van der Waals surface area contributed by atoms with E-state index in [-0.39, 0.29) is 12.1 Å². The van der Waals surface area contributed by atoms with Crippen molar-refractivity contribution in [1.29, 1.82) is 0 Å². The van der Waals surface area contributed by atoms with Crippen LogP contribution in [0.4, 0.5) is 10.5 Å². The van der Waals surface area contributed by atoms with Gasteiger partial charge in [-0.2, -0.15) is 0 Å². The van der Waals surface area contributed by atoms with Crippen LogP contribution in [0, 0.1) is 0 Å². The Kier molecular flexibility index (Phi) is 6.95. The Morgan fingerprint density at radius 2 is 2.30 bits per heavy atom. The molecule has 1 aliphatic heterocycles. The predicted octanol–water partition coefficient (Wildman–Crippen LogP) is 3.01. The SMILES string of the molecule is CCCOc1ccc(NC(=O)N(C)CC2COCCO2)cc1Cl. The minimum atomic E-state index is -0.225. The Labute approximate surface area is 141 Å². The van der Waals surface area contributed by atoms with Crippen molar-refractivity contribution in [1.82, 2.24) is 4.90 Å². The van der Waals surface area contributed by atoms with Gasteiger partial charge in [0.05, 0.1) is 44.1 Å². The van der Waals surface area contributed by atoms with Gasteiger partial charge in [-0.15, -0.1) is 0 Å². The number of hydrogen-bond donors (Lipinski definition) is 1. The van der Waals surface area contributed by atoms with Crippen LogP contribution < -0.4 is 10.1 Å². The molecule has 1 fully saturated rings. The van der Waals surface area contributed by atoms with Crippen molar-refractivity contribution in [2.45, 2.75) is 19.4 Å². The van der Waals surface area contributed by atoms with E-state index in [1.807, 2.05) is 6.92 Å². The van der Waals surface area contributed by atoms with Crippen LogP contribution in [0.5, 0.6) is 5.75 Å². The quantitative estimate of drug-likeness (QED) is 0.863. The summed E-state index contributed by atoms with van der Waals surface area (Å²) in [6, 6.07) is 4.98. The van der Waals surface area contributed by atoms with Gasteiger partial charge in [0.25, 0.3) is 0 Å². The molecule has 6 nitrogen and oxygen atoms in total. The van der Waals surface area contributed by atoms with Crippen molar-refractivity contribution in [3.8, 4) is 5.75 Å². The fourth-order valence-corrected chi connectivity index (χ4v) is 2.39. The molecule has 1 aliphatic rings. The molecule has 0 saturated carbocycles. The maximum Gasteiger partial charge on any atom is 0.321 e. The summed E-state index contributed by atoms with van der Waals surface area (Å²) in [6.07, 6.45) is 0.819. The van der Waals surface area contributed by atoms with E-state index in [1.54, 1.807) is 30.1 Å². The van der Waals surface area contributed by atoms with Crippen LogP contribution in [0.1, 0.15) is 13.3 Å². The molecule has 0 aromatic heterocycles. The average Bonchev–Trinajstić information content (AvgIpc) is 2.55. The lowest BCUT2D eigenvalue weighted by Gasteiger charge is -2.27. The number of benzene rings is 1. The summed E-state index contributed by atoms with van der Waals surface area (Å²) < 4.78 is 16.4. The molecule has 1 atom stereocenters. The van der Waals surface area contributed by atoms with E-state index in [2.05, 4.69) is 5.32 Å². The Morgan fingerprint density at radius 1 is 1.48 bits per heavy atom. The standard InChI is InChI=1S/C16H23ClN2O4/c1-3-6-23-15-5-4-12(9-14(15)17)18-16(20)19(2)10-13-11-21-7-8-22-13/h4-5,9,13H,3,6-8,10-11H2,1-2H3,(H,18,20). The van der Waals surface area contributed by atoms with Crippen LogP contribution in [0.25, 0.3) is 0 Å². The number of carbonyl (C=O) groups excluding carboxylic acids is 1. The number of rotatable bonds is 6. The molecule has 0 radical (unpaired) electrons. The van der Waals surface area contributed by atoms with E-state index in [0.29, 0.717) is 49.4 Å². The second kappa shape index (κ2) is 8.96. The number of halogens is 1. The molecule has 7 heteroatoms. The van der Waals surface area contributed by atoms with Crippen LogP contribution >= 0.6 is 11.6 Å². The van der Waals surface area contributed by atoms with Crippen molar-refractivity contribution in [2.24, 2.45) is 0 Å². The van der Waals surface area contributed by atoms with E-state index < -0.39 is 0 Å². The van der Waals surface area contributed by atoms with Crippen LogP contribution in [0.3, 0.4) is 0 Å². The first-order valence-electron chi connectivity index (χ1n) is 7.74. The first-order valence-corrected chi connectivity index (χ1v) is 8.11. The topological polar surface area (TPSA) is 60.0 Å². The molecule has 1 aromatic carbocycles. The van der Waals surface area contributed by atoms with Crippen molar-refractivity contribution in [3.05, 3.63) is 23.2 Å². The summed E-state index contributed by atoms with van der Waals surface area (Å²) in [5.41, 5.74) is 0.622. The van der Waals surface area contributed by atoms with E-state index >= 15 is 0 Å². The number of likely N-dealkylation sites (N-methyl/N-ethyl adjacent to an activating group) is 1. The summed E-state index contributed by atoms with van der Waals surface area (Å²) in [7, 11) is 1.72. The molecule has 2 rings (SSSR count). The molecular weight excluding hydrogens is 320 g/mol. The van der Waals surface area contributed by atoms with E-state index in [0.717, 1.165) is 6.42 Å². The molecule has 0 aliphatic carbocycles. The van der Waals surface area contributed by atoms with Crippen molar-refractivity contribution in [3.63, 3.8) is 0 Å². The lowest BCUT2D eigenvalue weighted by Crippen LogP contribution is -2.42. The molecule has 1 saturated heterocycles. The number of nitrogens with zero attached hydrogens (tertiary/aromatic N) is 1. The highest BCUT2D eigenvalue weighted by molar-refractivity contribution is 6.32. The molecule has 1 aromatic rings. The molecule has 1 unspecified atom stereocenters. The van der Waals surface area contributed by atoms with Crippen LogP contribution in [-0.4, -0.2) is 57.1 Å². The Hall–Kier alpha value is -1.50. The normalized spacial score (nSPS) is 17.6. The summed E-state index contributed by atoms with van der Waals surface area (Å²) in [6.45, 7) is 4.79. The number of carbonyl (C=O) groups is 1. The average molecular weight is 343 g/mol. The first-order chi connectivity index (χ1) is 11.1. The second-order valence-electron chi connectivity index (χ2n) is 5.37. The minimum Gasteiger partial charge on any atom is -0.492 e. The van der Waals surface area contributed by atoms with Gasteiger partial charge in [-0.05, 0) is 24.6 Å². The monoisotopic (exact) mass is 342 g/mol. The van der Waals surface area contributed by atoms with Crippen molar-refractivity contribution >= 4 is 23.3 Å². The second-order valence-corrected chi connectivity index (χ2v) is 5.78. The highest BCUT2D eigenvalue weighted by Gasteiger charge is 2.19. The predicted molar refractivity (Wildman–Crippen MR) is 89.4 cm³/mol. The van der Waals surface area contributed by atoms with Crippen LogP contribution in [-0.2, 0) is 9.47 Å². The van der Waals surface area contributed by atoms with Crippen molar-refractivity contribution in [2.75, 3.05) is 45.3 Å². The number of nitrogens with one attached hydrogen (secondary N) is 1. The van der Waals surface area contributed by atoms with Crippen LogP contribution in [0.2, 0.25) is 5.02 Å². The maximum atomic E-state index is 12.2. The number of urea groups is 1. The van der Waals surface area contributed by atoms with Gasteiger partial charge < -0.3 is 24.4 Å². The number of ether oxygens (including phenoxy) is 3. The molecule has 0 spiro atoms. The van der Waals surface area contributed by atoms with Gasteiger partial charge in [-0.1, -0.05) is 18.5 Å². The van der Waals surface area contributed by atoms with Crippen molar-refractivity contribution < 1.29 is 19.0 Å². The summed E-state index contributed by atoms with van der Waals surface area (Å²) in [5, 5.41) is 3.28. The minimum absolute atomic E-state index is 0.0899.